The Labute approximate surface area is 160 Å². The molecule has 0 radical (unpaired) electrons. The van der Waals surface area contributed by atoms with Gasteiger partial charge in [0.25, 0.3) is 0 Å². The number of rotatable bonds is 6. The van der Waals surface area contributed by atoms with Crippen molar-refractivity contribution in [3.05, 3.63) is 35.8 Å². The number of aliphatic imine (C=N–C) groups is 1. The number of hydrogen-bond acceptors (Lipinski definition) is 2. The van der Waals surface area contributed by atoms with Crippen LogP contribution < -0.4 is 10.6 Å². The second-order valence-corrected chi connectivity index (χ2v) is 7.70. The summed E-state index contributed by atoms with van der Waals surface area (Å²) in [4.78, 5) is 10.6. The molecule has 0 unspecified atom stereocenters. The fraction of sp³-hybridized carbons (Fsp3) is 0.571. The van der Waals surface area contributed by atoms with E-state index < -0.39 is 0 Å². The number of guanidine groups is 1. The molecule has 1 aromatic carbocycles. The molecule has 1 saturated carbocycles. The van der Waals surface area contributed by atoms with Gasteiger partial charge >= 0.3 is 0 Å². The number of H-pyrrole nitrogens is 1. The fourth-order valence-electron chi connectivity index (χ4n) is 4.01. The van der Waals surface area contributed by atoms with Crippen LogP contribution in [0, 0.1) is 5.82 Å². The number of aromatic amines is 1. The van der Waals surface area contributed by atoms with E-state index in [1.165, 1.54) is 44.8 Å². The summed E-state index contributed by atoms with van der Waals surface area (Å²) in [6.07, 6.45) is 7.90. The van der Waals surface area contributed by atoms with Gasteiger partial charge in [-0.05, 0) is 62.8 Å². The van der Waals surface area contributed by atoms with Crippen molar-refractivity contribution < 1.29 is 4.39 Å². The maximum atomic E-state index is 13.5. The summed E-state index contributed by atoms with van der Waals surface area (Å²) in [6.45, 7) is 6.02. The van der Waals surface area contributed by atoms with E-state index >= 15 is 0 Å². The Morgan fingerprint density at radius 2 is 2.07 bits per heavy atom. The van der Waals surface area contributed by atoms with Crippen LogP contribution in [-0.2, 0) is 6.42 Å². The minimum Gasteiger partial charge on any atom is -0.361 e. The molecule has 3 N–H and O–H groups in total. The van der Waals surface area contributed by atoms with E-state index in [0.29, 0.717) is 12.6 Å². The molecule has 2 heterocycles. The normalized spacial score (nSPS) is 19.6. The Balaban J connectivity index is 1.32. The average Bonchev–Trinajstić information content (AvgIpc) is 3.45. The van der Waals surface area contributed by atoms with Crippen molar-refractivity contribution >= 4 is 16.9 Å². The van der Waals surface area contributed by atoms with E-state index in [2.05, 4.69) is 27.4 Å². The number of fused-ring (bicyclic) bond motifs is 1. The van der Waals surface area contributed by atoms with Crippen LogP contribution in [0.15, 0.2) is 29.4 Å². The molecule has 0 spiro atoms. The molecule has 2 aliphatic rings. The molecule has 1 aliphatic carbocycles. The quantitative estimate of drug-likeness (QED) is 0.540. The van der Waals surface area contributed by atoms with Gasteiger partial charge < -0.3 is 20.5 Å². The van der Waals surface area contributed by atoms with Crippen LogP contribution in [-0.4, -0.2) is 54.1 Å². The topological polar surface area (TPSA) is 55.5 Å². The zero-order chi connectivity index (χ0) is 18.6. The van der Waals surface area contributed by atoms with E-state index in [1.54, 1.807) is 12.1 Å². The van der Waals surface area contributed by atoms with Gasteiger partial charge in [-0.15, -0.1) is 0 Å². The van der Waals surface area contributed by atoms with Gasteiger partial charge in [-0.1, -0.05) is 0 Å². The van der Waals surface area contributed by atoms with E-state index in [4.69, 9.17) is 4.99 Å². The Morgan fingerprint density at radius 3 is 2.81 bits per heavy atom. The molecule has 0 atom stereocenters. The highest BCUT2D eigenvalue weighted by Crippen LogP contribution is 2.29. The highest BCUT2D eigenvalue weighted by Gasteiger charge is 2.31. The summed E-state index contributed by atoms with van der Waals surface area (Å²) in [5.41, 5.74) is 2.09. The van der Waals surface area contributed by atoms with E-state index in [0.717, 1.165) is 41.4 Å². The van der Waals surface area contributed by atoms with Gasteiger partial charge in [0.15, 0.2) is 5.96 Å². The molecule has 146 valence electrons. The highest BCUT2D eigenvalue weighted by molar-refractivity contribution is 5.83. The molecule has 1 saturated heterocycles. The molecule has 1 aliphatic heterocycles. The minimum absolute atomic E-state index is 0.195. The molecule has 1 aromatic heterocycles. The number of halogens is 1. The third kappa shape index (κ3) is 4.61. The lowest BCUT2D eigenvalue weighted by Gasteiger charge is -2.33. The molecular formula is C21H30FN5. The molecule has 0 bridgehead atoms. The van der Waals surface area contributed by atoms with Crippen molar-refractivity contribution in [1.82, 2.24) is 20.5 Å². The van der Waals surface area contributed by atoms with Crippen LogP contribution in [0.1, 0.15) is 38.2 Å². The zero-order valence-electron chi connectivity index (χ0n) is 16.1. The standard InChI is InChI=1S/C21H30FN5/c1-2-23-21(26-17-8-11-27(12-9-17)18-4-5-18)24-10-7-15-14-25-20-6-3-16(22)13-19(15)20/h3,6,13-14,17-18,25H,2,4-5,7-12H2,1H3,(H2,23,24,26). The van der Waals surface area contributed by atoms with Crippen molar-refractivity contribution in [2.75, 3.05) is 26.2 Å². The van der Waals surface area contributed by atoms with Crippen molar-refractivity contribution in [2.24, 2.45) is 4.99 Å². The van der Waals surface area contributed by atoms with Crippen LogP contribution >= 0.6 is 0 Å². The van der Waals surface area contributed by atoms with Gasteiger partial charge in [0, 0.05) is 55.4 Å². The van der Waals surface area contributed by atoms with Crippen molar-refractivity contribution in [1.29, 1.82) is 0 Å². The number of nitrogens with zero attached hydrogens (tertiary/aromatic N) is 2. The van der Waals surface area contributed by atoms with Crippen LogP contribution in [0.2, 0.25) is 0 Å². The summed E-state index contributed by atoms with van der Waals surface area (Å²) in [5, 5.41) is 7.92. The second-order valence-electron chi connectivity index (χ2n) is 7.70. The number of likely N-dealkylation sites (tertiary alicyclic amines) is 1. The number of aromatic nitrogens is 1. The largest absolute Gasteiger partial charge is 0.361 e. The van der Waals surface area contributed by atoms with Crippen LogP contribution in [0.3, 0.4) is 0 Å². The Bertz CT molecular complexity index is 787. The van der Waals surface area contributed by atoms with Crippen LogP contribution in [0.5, 0.6) is 0 Å². The van der Waals surface area contributed by atoms with Gasteiger partial charge in [0.05, 0.1) is 0 Å². The zero-order valence-corrected chi connectivity index (χ0v) is 16.1. The first-order valence-electron chi connectivity index (χ1n) is 10.3. The maximum absolute atomic E-state index is 13.5. The lowest BCUT2D eigenvalue weighted by Crippen LogP contribution is -2.49. The Kier molecular flexibility index (Phi) is 5.62. The Morgan fingerprint density at radius 1 is 1.26 bits per heavy atom. The number of benzene rings is 1. The van der Waals surface area contributed by atoms with E-state index in [-0.39, 0.29) is 5.82 Å². The summed E-state index contributed by atoms with van der Waals surface area (Å²) in [6, 6.07) is 6.25. The first-order valence-corrected chi connectivity index (χ1v) is 10.3. The van der Waals surface area contributed by atoms with Crippen molar-refractivity contribution in [3.8, 4) is 0 Å². The van der Waals surface area contributed by atoms with Gasteiger partial charge in [-0.25, -0.2) is 4.39 Å². The average molecular weight is 372 g/mol. The first-order chi connectivity index (χ1) is 13.2. The van der Waals surface area contributed by atoms with Crippen LogP contribution in [0.4, 0.5) is 4.39 Å². The smallest absolute Gasteiger partial charge is 0.191 e. The van der Waals surface area contributed by atoms with Crippen molar-refractivity contribution in [3.63, 3.8) is 0 Å². The van der Waals surface area contributed by atoms with Gasteiger partial charge in [-0.3, -0.25) is 4.99 Å². The number of nitrogens with one attached hydrogen (secondary N) is 3. The molecule has 5 nitrogen and oxygen atoms in total. The molecule has 2 aromatic rings. The molecule has 2 fully saturated rings. The third-order valence-corrected chi connectivity index (χ3v) is 5.66. The molecule has 6 heteroatoms. The van der Waals surface area contributed by atoms with Gasteiger partial charge in [-0.2, -0.15) is 0 Å². The van der Waals surface area contributed by atoms with Gasteiger partial charge in [0.1, 0.15) is 5.82 Å². The van der Waals surface area contributed by atoms with Crippen molar-refractivity contribution in [2.45, 2.75) is 51.1 Å². The third-order valence-electron chi connectivity index (χ3n) is 5.66. The molecule has 0 amide bonds. The molecular weight excluding hydrogens is 341 g/mol. The summed E-state index contributed by atoms with van der Waals surface area (Å²) >= 11 is 0. The van der Waals surface area contributed by atoms with Gasteiger partial charge in [0.2, 0.25) is 0 Å². The Hall–Kier alpha value is -2.08. The first kappa shape index (κ1) is 18.3. The van der Waals surface area contributed by atoms with E-state index in [9.17, 15) is 4.39 Å². The maximum Gasteiger partial charge on any atom is 0.191 e. The molecule has 27 heavy (non-hydrogen) atoms. The summed E-state index contributed by atoms with van der Waals surface area (Å²) in [7, 11) is 0. The minimum atomic E-state index is -0.195. The second kappa shape index (κ2) is 8.30. The summed E-state index contributed by atoms with van der Waals surface area (Å²) < 4.78 is 13.5. The van der Waals surface area contributed by atoms with Crippen LogP contribution in [0.25, 0.3) is 10.9 Å². The number of hydrogen-bond donors (Lipinski definition) is 3. The lowest BCUT2D eigenvalue weighted by atomic mass is 10.1. The fourth-order valence-corrected chi connectivity index (χ4v) is 4.01. The lowest BCUT2D eigenvalue weighted by molar-refractivity contribution is 0.197. The molecule has 4 rings (SSSR count). The monoisotopic (exact) mass is 371 g/mol. The number of piperidine rings is 1. The van der Waals surface area contributed by atoms with E-state index in [1.807, 2.05) is 6.20 Å². The highest BCUT2D eigenvalue weighted by atomic mass is 19.1. The summed E-state index contributed by atoms with van der Waals surface area (Å²) in [5.74, 6) is 0.702. The predicted octanol–water partition coefficient (Wildman–Crippen LogP) is 3.03. The SMILES string of the molecule is CCNC(=NCCc1c[nH]c2ccc(F)cc12)NC1CCN(C2CC2)CC1. The predicted molar refractivity (Wildman–Crippen MR) is 109 cm³/mol.